The first-order chi connectivity index (χ1) is 20.7. The van der Waals surface area contributed by atoms with E-state index in [4.69, 9.17) is 9.52 Å². The zero-order valence-electron chi connectivity index (χ0n) is 24.0. The molecule has 1 N–H and O–H groups in total. The number of nitrogens with zero attached hydrogens (tertiary/aromatic N) is 2. The highest BCUT2D eigenvalue weighted by atomic mass is 16.3. The Labute approximate surface area is 243 Å². The number of hydrogen-bond donors (Lipinski definition) is 1. The Balaban J connectivity index is 1.54. The van der Waals surface area contributed by atoms with Gasteiger partial charge in [0.05, 0.1) is 27.6 Å². The molecule has 4 nitrogen and oxygen atoms in total. The van der Waals surface area contributed by atoms with Crippen molar-refractivity contribution in [1.29, 1.82) is 0 Å². The van der Waals surface area contributed by atoms with Crippen LogP contribution < -0.4 is 10.7 Å². The predicted octanol–water partition coefficient (Wildman–Crippen LogP) is 9.62. The van der Waals surface area contributed by atoms with Gasteiger partial charge in [-0.1, -0.05) is 92.2 Å². The van der Waals surface area contributed by atoms with Crippen molar-refractivity contribution in [1.82, 2.24) is 4.68 Å². The zero-order valence-corrected chi connectivity index (χ0v) is 24.0. The summed E-state index contributed by atoms with van der Waals surface area (Å²) in [6.07, 6.45) is 2.16. The largest absolute Gasteiger partial charge is 0.455 e. The Kier molecular flexibility index (Phi) is 5.58. The van der Waals surface area contributed by atoms with Gasteiger partial charge in [0.2, 0.25) is 0 Å². The molecule has 1 aliphatic carbocycles. The predicted molar refractivity (Wildman–Crippen MR) is 177 cm³/mol. The van der Waals surface area contributed by atoms with Gasteiger partial charge in [0, 0.05) is 34.0 Å². The summed E-state index contributed by atoms with van der Waals surface area (Å²) in [5, 5.41) is 18.2. The van der Waals surface area contributed by atoms with Crippen LogP contribution in [0.3, 0.4) is 0 Å². The SMILES string of the molecule is CCCc1c(C)c2c3ccccc3n(/N=c3/cccc4oc5c(ccc6ccccc65)c(NC)c3-4)c2c2ccccc12. The monoisotopic (exact) mass is 545 g/mol. The van der Waals surface area contributed by atoms with Gasteiger partial charge in [0.25, 0.3) is 0 Å². The molecule has 1 aliphatic heterocycles. The molecule has 8 rings (SSSR count). The number of aromatic nitrogens is 1. The average molecular weight is 546 g/mol. The molecular weight excluding hydrogens is 514 g/mol. The summed E-state index contributed by atoms with van der Waals surface area (Å²) in [6.45, 7) is 4.54. The molecule has 5 aromatic carbocycles. The average Bonchev–Trinajstić information content (AvgIpc) is 3.36. The molecular formula is C38H31N3O. The van der Waals surface area contributed by atoms with Crippen molar-refractivity contribution in [2.45, 2.75) is 26.7 Å². The van der Waals surface area contributed by atoms with E-state index >= 15 is 0 Å². The third kappa shape index (κ3) is 3.45. The van der Waals surface area contributed by atoms with E-state index in [2.05, 4.69) is 115 Å². The molecule has 6 aromatic rings. The van der Waals surface area contributed by atoms with Crippen LogP contribution in [0, 0.1) is 6.92 Å². The van der Waals surface area contributed by atoms with Gasteiger partial charge in [-0.05, 0) is 59.5 Å². The second-order valence-electron chi connectivity index (χ2n) is 11.1. The third-order valence-electron chi connectivity index (χ3n) is 8.76. The summed E-state index contributed by atoms with van der Waals surface area (Å²) in [6, 6.07) is 36.3. The first kappa shape index (κ1) is 24.7. The van der Waals surface area contributed by atoms with Crippen LogP contribution in [0.15, 0.2) is 113 Å². The van der Waals surface area contributed by atoms with Gasteiger partial charge in [-0.25, -0.2) is 4.68 Å². The van der Waals surface area contributed by atoms with Crippen molar-refractivity contribution >= 4 is 60.0 Å². The molecule has 204 valence electrons. The summed E-state index contributed by atoms with van der Waals surface area (Å²) in [4.78, 5) is 0. The van der Waals surface area contributed by atoms with E-state index in [-0.39, 0.29) is 0 Å². The van der Waals surface area contributed by atoms with Crippen molar-refractivity contribution in [3.63, 3.8) is 0 Å². The minimum atomic E-state index is 0.802. The van der Waals surface area contributed by atoms with Crippen molar-refractivity contribution < 1.29 is 4.42 Å². The van der Waals surface area contributed by atoms with Crippen LogP contribution in [-0.4, -0.2) is 11.7 Å². The van der Waals surface area contributed by atoms with Crippen LogP contribution in [0.5, 0.6) is 0 Å². The number of nitrogens with one attached hydrogen (secondary N) is 1. The van der Waals surface area contributed by atoms with Crippen molar-refractivity contribution in [2.75, 3.05) is 12.4 Å². The summed E-state index contributed by atoms with van der Waals surface area (Å²) < 4.78 is 8.82. The van der Waals surface area contributed by atoms with Gasteiger partial charge in [-0.2, -0.15) is 5.10 Å². The maximum absolute atomic E-state index is 6.66. The maximum atomic E-state index is 6.66. The second-order valence-corrected chi connectivity index (χ2v) is 11.1. The Bertz CT molecular complexity index is 2370. The smallest absolute Gasteiger partial charge is 0.144 e. The molecule has 1 aromatic heterocycles. The van der Waals surface area contributed by atoms with E-state index in [1.165, 1.54) is 32.7 Å². The van der Waals surface area contributed by atoms with Crippen LogP contribution in [0.2, 0.25) is 0 Å². The lowest BCUT2D eigenvalue weighted by atomic mass is 9.92. The lowest BCUT2D eigenvalue weighted by molar-refractivity contribution is 0.622. The Morgan fingerprint density at radius 2 is 1.48 bits per heavy atom. The van der Waals surface area contributed by atoms with E-state index in [1.54, 1.807) is 0 Å². The number of rotatable bonds is 4. The van der Waals surface area contributed by atoms with Crippen molar-refractivity contribution in [3.05, 3.63) is 120 Å². The lowest BCUT2D eigenvalue weighted by Gasteiger charge is -2.16. The fourth-order valence-electron chi connectivity index (χ4n) is 6.93. The highest BCUT2D eigenvalue weighted by Gasteiger charge is 2.21. The molecule has 4 heteroatoms. The molecule has 0 radical (unpaired) electrons. The zero-order chi connectivity index (χ0) is 28.4. The second kappa shape index (κ2) is 9.49. The molecule has 0 atom stereocenters. The molecule has 0 saturated carbocycles. The van der Waals surface area contributed by atoms with Crippen LogP contribution in [0.25, 0.3) is 65.6 Å². The number of anilines is 1. The quantitative estimate of drug-likeness (QED) is 0.177. The number of benzene rings is 6. The van der Waals surface area contributed by atoms with Gasteiger partial charge in [0.1, 0.15) is 11.3 Å². The van der Waals surface area contributed by atoms with Crippen LogP contribution in [-0.2, 0) is 6.42 Å². The summed E-state index contributed by atoms with van der Waals surface area (Å²) in [7, 11) is 1.98. The lowest BCUT2D eigenvalue weighted by Crippen LogP contribution is -2.12. The van der Waals surface area contributed by atoms with E-state index in [0.29, 0.717) is 0 Å². The topological polar surface area (TPSA) is 42.5 Å². The minimum absolute atomic E-state index is 0.802. The normalized spacial score (nSPS) is 12.5. The molecule has 0 unspecified atom stereocenters. The summed E-state index contributed by atoms with van der Waals surface area (Å²) in [5.74, 6) is 0.802. The molecule has 0 spiro atoms. The Morgan fingerprint density at radius 3 is 2.29 bits per heavy atom. The summed E-state index contributed by atoms with van der Waals surface area (Å²) >= 11 is 0. The fraction of sp³-hybridized carbons (Fsp3) is 0.132. The van der Waals surface area contributed by atoms with E-state index in [9.17, 15) is 0 Å². The van der Waals surface area contributed by atoms with Gasteiger partial charge in [-0.3, -0.25) is 0 Å². The van der Waals surface area contributed by atoms with E-state index < -0.39 is 0 Å². The molecule has 0 fully saturated rings. The molecule has 0 saturated heterocycles. The highest BCUT2D eigenvalue weighted by molar-refractivity contribution is 6.20. The first-order valence-electron chi connectivity index (χ1n) is 14.7. The molecule has 2 heterocycles. The van der Waals surface area contributed by atoms with Crippen molar-refractivity contribution in [3.8, 4) is 11.3 Å². The van der Waals surface area contributed by atoms with Gasteiger partial charge in [0.15, 0.2) is 0 Å². The molecule has 0 bridgehead atoms. The molecule has 0 amide bonds. The Morgan fingerprint density at radius 1 is 0.738 bits per heavy atom. The highest BCUT2D eigenvalue weighted by Crippen LogP contribution is 2.41. The Hall–Kier alpha value is -5.09. The third-order valence-corrected chi connectivity index (χ3v) is 8.76. The minimum Gasteiger partial charge on any atom is -0.455 e. The van der Waals surface area contributed by atoms with Crippen molar-refractivity contribution in [2.24, 2.45) is 5.10 Å². The fourth-order valence-corrected chi connectivity index (χ4v) is 6.93. The summed E-state index contributed by atoms with van der Waals surface area (Å²) in [5.41, 5.74) is 7.89. The van der Waals surface area contributed by atoms with Crippen LogP contribution in [0.4, 0.5) is 5.69 Å². The first-order valence-corrected chi connectivity index (χ1v) is 14.7. The molecule has 42 heavy (non-hydrogen) atoms. The van der Waals surface area contributed by atoms with E-state index in [0.717, 1.165) is 68.0 Å². The molecule has 2 aliphatic rings. The number of fused-ring (bicyclic) bond motifs is 9. The van der Waals surface area contributed by atoms with Gasteiger partial charge < -0.3 is 9.73 Å². The number of hydrogen-bond acceptors (Lipinski definition) is 3. The van der Waals surface area contributed by atoms with E-state index in [1.807, 2.05) is 19.2 Å². The number of aryl methyl sites for hydroxylation is 2. The van der Waals surface area contributed by atoms with Crippen LogP contribution in [0.1, 0.15) is 24.5 Å². The van der Waals surface area contributed by atoms with Crippen LogP contribution >= 0.6 is 0 Å². The standard InChI is InChI=1S/C38H31N3O/c1-4-12-25-23(2)34-29-17-9-10-19-32(29)41(37(34)28-16-8-7-15-27(25)28)40-31-18-11-20-33-35(31)36(39-3)30-22-21-24-13-5-6-14-26(24)38(30)42-33/h5-11,13-22,39H,4,12H2,1-3H3/b40-31-. The van der Waals surface area contributed by atoms with Gasteiger partial charge >= 0.3 is 0 Å². The maximum Gasteiger partial charge on any atom is 0.144 e. The number of para-hydroxylation sites is 1. The van der Waals surface area contributed by atoms with Gasteiger partial charge in [-0.15, -0.1) is 0 Å².